The number of amidine groups is 1. The topological polar surface area (TPSA) is 125 Å². The predicted molar refractivity (Wildman–Crippen MR) is 96.2 cm³/mol. The Bertz CT molecular complexity index is 807. The molecule has 0 saturated carbocycles. The fourth-order valence-corrected chi connectivity index (χ4v) is 3.20. The minimum atomic E-state index is -0.810. The highest BCUT2D eigenvalue weighted by Crippen LogP contribution is 2.26. The number of carboxylic acid groups (broad SMARTS) is 1. The molecule has 3 rings (SSSR count). The zero-order chi connectivity index (χ0) is 17.8. The third-order valence-corrected chi connectivity index (χ3v) is 4.40. The van der Waals surface area contributed by atoms with E-state index in [9.17, 15) is 9.90 Å². The van der Waals surface area contributed by atoms with Crippen LogP contribution in [0.4, 0.5) is 5.69 Å². The van der Waals surface area contributed by atoms with E-state index in [4.69, 9.17) is 5.73 Å². The van der Waals surface area contributed by atoms with Crippen molar-refractivity contribution < 1.29 is 9.90 Å². The van der Waals surface area contributed by atoms with Crippen LogP contribution in [0.25, 0.3) is 10.9 Å². The largest absolute Gasteiger partial charge is 0.481 e. The number of aliphatic carboxylic acids is 1. The second-order valence-electron chi connectivity index (χ2n) is 6.20. The number of hydrazone groups is 1. The summed E-state index contributed by atoms with van der Waals surface area (Å²) < 4.78 is 0. The van der Waals surface area contributed by atoms with Gasteiger partial charge in [-0.25, -0.2) is 5.53 Å². The van der Waals surface area contributed by atoms with E-state index in [2.05, 4.69) is 26.6 Å². The van der Waals surface area contributed by atoms with Gasteiger partial charge in [0.2, 0.25) is 0 Å². The van der Waals surface area contributed by atoms with Gasteiger partial charge < -0.3 is 10.8 Å². The maximum absolute atomic E-state index is 11.8. The Labute approximate surface area is 145 Å². The van der Waals surface area contributed by atoms with Crippen molar-refractivity contribution in [2.24, 2.45) is 16.9 Å². The minimum absolute atomic E-state index is 0.272. The molecule has 25 heavy (non-hydrogen) atoms. The third-order valence-electron chi connectivity index (χ3n) is 4.40. The molecule has 6 N–H and O–H groups in total. The van der Waals surface area contributed by atoms with E-state index in [0.717, 1.165) is 22.9 Å². The maximum Gasteiger partial charge on any atom is 0.307 e. The fraction of sp³-hybridized carbons (Fsp3) is 0.353. The normalized spacial score (nSPS) is 16.0. The molecule has 1 aliphatic heterocycles. The van der Waals surface area contributed by atoms with E-state index >= 15 is 0 Å². The molecule has 0 aliphatic carbocycles. The van der Waals surface area contributed by atoms with Gasteiger partial charge in [0.1, 0.15) is 5.84 Å². The zero-order valence-corrected chi connectivity index (χ0v) is 14.0. The maximum atomic E-state index is 11.8. The van der Waals surface area contributed by atoms with E-state index in [-0.39, 0.29) is 5.92 Å². The molecule has 8 heteroatoms. The number of hydrogen-bond acceptors (Lipinski definition) is 7. The Morgan fingerprint density at radius 1 is 1.36 bits per heavy atom. The van der Waals surface area contributed by atoms with Gasteiger partial charge in [0.25, 0.3) is 0 Å². The molecule has 0 fully saturated rings. The van der Waals surface area contributed by atoms with Crippen LogP contribution in [0.2, 0.25) is 0 Å². The number of fused-ring (bicyclic) bond motifs is 1. The second-order valence-corrected chi connectivity index (χ2v) is 6.20. The van der Waals surface area contributed by atoms with E-state index < -0.39 is 11.9 Å². The molecule has 0 amide bonds. The van der Waals surface area contributed by atoms with Crippen molar-refractivity contribution in [3.8, 4) is 0 Å². The van der Waals surface area contributed by atoms with Crippen LogP contribution in [0.1, 0.15) is 25.3 Å². The number of hydrogen-bond donors (Lipinski definition) is 5. The molecule has 1 aromatic heterocycles. The minimum Gasteiger partial charge on any atom is -0.481 e. The van der Waals surface area contributed by atoms with Crippen molar-refractivity contribution in [2.75, 3.05) is 5.73 Å². The van der Waals surface area contributed by atoms with Crippen molar-refractivity contribution in [1.82, 2.24) is 21.5 Å². The highest BCUT2D eigenvalue weighted by atomic mass is 16.4. The number of anilines is 1. The molecular weight excluding hydrogens is 320 g/mol. The lowest BCUT2D eigenvalue weighted by atomic mass is 9.83. The molecule has 0 radical (unpaired) electrons. The van der Waals surface area contributed by atoms with Crippen LogP contribution < -0.4 is 22.2 Å². The van der Waals surface area contributed by atoms with Crippen molar-refractivity contribution in [3.05, 3.63) is 36.0 Å². The number of aromatic nitrogens is 1. The van der Waals surface area contributed by atoms with Crippen LogP contribution in [-0.2, 0) is 11.2 Å². The number of rotatable bonds is 7. The van der Waals surface area contributed by atoms with Gasteiger partial charge in [-0.2, -0.15) is 0 Å². The van der Waals surface area contributed by atoms with Gasteiger partial charge in [-0.1, -0.05) is 19.4 Å². The van der Waals surface area contributed by atoms with Crippen molar-refractivity contribution in [2.45, 2.75) is 26.2 Å². The number of pyridine rings is 1. The summed E-state index contributed by atoms with van der Waals surface area (Å²) in [5.74, 6) is -0.999. The van der Waals surface area contributed by atoms with E-state index in [1.807, 2.05) is 31.2 Å². The van der Waals surface area contributed by atoms with Crippen LogP contribution in [0.5, 0.6) is 0 Å². The van der Waals surface area contributed by atoms with Crippen LogP contribution in [0.15, 0.2) is 35.6 Å². The summed E-state index contributed by atoms with van der Waals surface area (Å²) >= 11 is 0. The SMILES string of the molecule is CCC[C@H](C(=O)O)[C@H](Cc1ccc2ncc(N)cc2c1)C1=NNNN1. The molecule has 0 bridgehead atoms. The van der Waals surface area contributed by atoms with E-state index in [0.29, 0.717) is 24.4 Å². The van der Waals surface area contributed by atoms with Gasteiger partial charge >= 0.3 is 5.97 Å². The van der Waals surface area contributed by atoms with Gasteiger partial charge in [-0.15, -0.1) is 10.6 Å². The van der Waals surface area contributed by atoms with E-state index in [1.54, 1.807) is 6.20 Å². The van der Waals surface area contributed by atoms with E-state index in [1.165, 1.54) is 0 Å². The first-order valence-electron chi connectivity index (χ1n) is 8.29. The first kappa shape index (κ1) is 17.0. The lowest BCUT2D eigenvalue weighted by molar-refractivity contribution is -0.143. The quantitative estimate of drug-likeness (QED) is 0.515. The van der Waals surface area contributed by atoms with Crippen molar-refractivity contribution >= 4 is 28.4 Å². The number of benzene rings is 1. The number of carbonyl (C=O) groups is 1. The monoisotopic (exact) mass is 342 g/mol. The van der Waals surface area contributed by atoms with Crippen LogP contribution in [0, 0.1) is 11.8 Å². The number of carboxylic acids is 1. The van der Waals surface area contributed by atoms with Crippen molar-refractivity contribution in [1.29, 1.82) is 0 Å². The summed E-state index contributed by atoms with van der Waals surface area (Å²) in [6, 6.07) is 7.78. The lowest BCUT2D eigenvalue weighted by Crippen LogP contribution is -2.42. The number of nitrogens with two attached hydrogens (primary N) is 1. The second kappa shape index (κ2) is 7.35. The zero-order valence-electron chi connectivity index (χ0n) is 14.0. The van der Waals surface area contributed by atoms with Crippen molar-refractivity contribution in [3.63, 3.8) is 0 Å². The molecule has 132 valence electrons. The highest BCUT2D eigenvalue weighted by Gasteiger charge is 2.33. The average molecular weight is 342 g/mol. The molecular formula is C17H22N6O2. The molecule has 0 unspecified atom stereocenters. The predicted octanol–water partition coefficient (Wildman–Crippen LogP) is 1.40. The molecule has 2 heterocycles. The summed E-state index contributed by atoms with van der Waals surface area (Å²) in [4.78, 5) is 16.1. The number of nitrogen functional groups attached to an aromatic ring is 1. The summed E-state index contributed by atoms with van der Waals surface area (Å²) in [6.07, 6.45) is 3.56. The van der Waals surface area contributed by atoms with Gasteiger partial charge in [0, 0.05) is 11.3 Å². The molecule has 2 atom stereocenters. The average Bonchev–Trinajstić information content (AvgIpc) is 3.11. The summed E-state index contributed by atoms with van der Waals surface area (Å²) in [7, 11) is 0. The highest BCUT2D eigenvalue weighted by molar-refractivity contribution is 5.89. The fourth-order valence-electron chi connectivity index (χ4n) is 3.20. The Hall–Kier alpha value is -2.87. The smallest absolute Gasteiger partial charge is 0.307 e. The number of hydrazine groups is 2. The molecule has 8 nitrogen and oxygen atoms in total. The summed E-state index contributed by atoms with van der Waals surface area (Å²) in [6.45, 7) is 1.98. The molecule has 0 spiro atoms. The third kappa shape index (κ3) is 3.80. The Balaban J connectivity index is 1.92. The number of nitrogens with one attached hydrogen (secondary N) is 3. The number of nitrogens with zero attached hydrogens (tertiary/aromatic N) is 2. The van der Waals surface area contributed by atoms with Gasteiger partial charge in [0.15, 0.2) is 0 Å². The van der Waals surface area contributed by atoms with Crippen LogP contribution in [0.3, 0.4) is 0 Å². The van der Waals surface area contributed by atoms with Gasteiger partial charge in [-0.3, -0.25) is 15.2 Å². The Kier molecular flexibility index (Phi) is 4.99. The molecule has 2 aromatic rings. The van der Waals surface area contributed by atoms with Gasteiger partial charge in [-0.05, 0) is 36.6 Å². The first-order chi connectivity index (χ1) is 12.1. The summed E-state index contributed by atoms with van der Waals surface area (Å²) in [5.41, 5.74) is 16.5. The van der Waals surface area contributed by atoms with Crippen LogP contribution >= 0.6 is 0 Å². The Morgan fingerprint density at radius 3 is 2.88 bits per heavy atom. The van der Waals surface area contributed by atoms with Gasteiger partial charge in [0.05, 0.1) is 23.3 Å². The molecule has 1 aliphatic rings. The lowest BCUT2D eigenvalue weighted by Gasteiger charge is -2.23. The molecule has 0 saturated heterocycles. The Morgan fingerprint density at radius 2 is 2.20 bits per heavy atom. The summed E-state index contributed by atoms with van der Waals surface area (Å²) in [5, 5.41) is 14.8. The molecule has 1 aromatic carbocycles. The standard InChI is InChI=1S/C17H22N6O2/c1-2-3-13(17(24)25)14(16-20-22-23-21-16)7-10-4-5-15-11(6-10)8-12(18)9-19-15/h4-6,8-9,13-14,22-23H,2-3,7,18H2,1H3,(H,20,21)(H,24,25)/t13-,14-/m0/s1. The van der Waals surface area contributed by atoms with Crippen LogP contribution in [-0.4, -0.2) is 21.9 Å². The first-order valence-corrected chi connectivity index (χ1v) is 8.29.